The van der Waals surface area contributed by atoms with Gasteiger partial charge in [-0.1, -0.05) is 284 Å². The van der Waals surface area contributed by atoms with Gasteiger partial charge in [0.2, 0.25) is 5.89 Å². The quantitative estimate of drug-likeness (QED) is 0.107. The number of rotatable bonds is 9. The molecule has 5 nitrogen and oxygen atoms in total. The molecule has 1 radical (unpaired) electrons. The molecule has 0 aliphatic rings. The second kappa shape index (κ2) is 28.1. The fourth-order valence-corrected chi connectivity index (χ4v) is 15.4. The van der Waals surface area contributed by atoms with Crippen LogP contribution in [0.25, 0.3) is 188 Å². The van der Waals surface area contributed by atoms with Crippen molar-refractivity contribution in [2.75, 3.05) is 0 Å². The molecule has 4 heterocycles. The van der Waals surface area contributed by atoms with E-state index in [0.717, 1.165) is 33.5 Å². The van der Waals surface area contributed by atoms with E-state index in [2.05, 4.69) is 342 Å². The number of hydrogen-bond acceptors (Lipinski definition) is 3. The first-order valence-electron chi connectivity index (χ1n) is 36.7. The molecule has 0 unspecified atom stereocenters. The maximum absolute atomic E-state index is 6.06. The van der Waals surface area contributed by atoms with Gasteiger partial charge in [0.1, 0.15) is 5.52 Å². The third-order valence-electron chi connectivity index (χ3n) is 20.5. The second-order valence-electron chi connectivity index (χ2n) is 26.6. The van der Waals surface area contributed by atoms with Crippen LogP contribution in [-0.2, 0) is 20.1 Å². The molecule has 106 heavy (non-hydrogen) atoms. The van der Waals surface area contributed by atoms with Crippen LogP contribution in [-0.4, -0.2) is 19.1 Å². The Hall–Kier alpha value is -13.4. The van der Waals surface area contributed by atoms with Crippen LogP contribution in [0, 0.1) is 6.07 Å². The third kappa shape index (κ3) is 12.1. The van der Waals surface area contributed by atoms with E-state index in [1.54, 1.807) is 6.20 Å². The zero-order chi connectivity index (χ0) is 71.6. The molecule has 0 aliphatic carbocycles. The number of aromatic nitrogens is 4. The summed E-state index contributed by atoms with van der Waals surface area (Å²) in [5.74, 6) is 0.636. The van der Waals surface area contributed by atoms with Crippen molar-refractivity contribution < 1.29 is 31.8 Å². The molecule has 4 aromatic heterocycles. The van der Waals surface area contributed by atoms with Crippen molar-refractivity contribution >= 4 is 97.8 Å². The van der Waals surface area contributed by atoms with Gasteiger partial charge < -0.3 is 18.5 Å². The Labute approximate surface area is 634 Å². The molecule has 0 saturated carbocycles. The van der Waals surface area contributed by atoms with Gasteiger partial charge in [-0.15, -0.1) is 29.8 Å². The largest absolute Gasteiger partial charge is 0.436 e. The first-order chi connectivity index (χ1) is 53.1. The van der Waals surface area contributed by atoms with Crippen LogP contribution < -0.4 is 0 Å². The summed E-state index contributed by atoms with van der Waals surface area (Å²) in [7, 11) is 0. The van der Waals surface area contributed by atoms with Gasteiger partial charge in [-0.2, -0.15) is 0 Å². The zero-order valence-electron chi connectivity index (χ0n) is 59.6. The van der Waals surface area contributed by atoms with Crippen LogP contribution in [0.4, 0.5) is 0 Å². The third-order valence-corrected chi connectivity index (χ3v) is 20.5. The van der Waals surface area contributed by atoms with Gasteiger partial charge in [-0.3, -0.25) is 0 Å². The number of pyridine rings is 1. The normalized spacial score (nSPS) is 11.4. The van der Waals surface area contributed by atoms with E-state index in [9.17, 15) is 0 Å². The first-order valence-corrected chi connectivity index (χ1v) is 35.7. The maximum atomic E-state index is 6.06. The maximum Gasteiger partial charge on any atom is 0.227 e. The molecule has 0 aliphatic heterocycles. The van der Waals surface area contributed by atoms with Crippen molar-refractivity contribution in [2.24, 2.45) is 0 Å². The van der Waals surface area contributed by atoms with Gasteiger partial charge in [0.15, 0.2) is 5.58 Å². The Morgan fingerprint density at radius 1 is 0.292 bits per heavy atom. The van der Waals surface area contributed by atoms with Crippen molar-refractivity contribution in [3.63, 3.8) is 0 Å². The SMILES string of the molecule is [2HH].[2H][2H].[HH].[HH].[Ir].[c-]1cc(-c2ccccc2)ccc1-c1ccccn1.c1ccc2c(c1)c1ccccc1n2-c1ccc(-c2ccc(-n3c4ccccc4c4ccccc43)cc2)cc1.c1ccc2cc(-c3c4ccccc4c(-c4ccc5ccccc5c4)c4cc(-c5ccc(-c6nc7ccccc7o6)cc5)ccc34)ccc2c1. The predicted molar refractivity (Wildman–Crippen MR) is 449 cm³/mol. The number of hydrogen-bond donors (Lipinski definition) is 0. The summed E-state index contributed by atoms with van der Waals surface area (Å²) in [6.07, 6.45) is 1.80. The first kappa shape index (κ1) is 63.6. The molecule has 0 atom stereocenters. The molecule has 0 saturated heterocycles. The average molecular weight is 1540 g/mol. The van der Waals surface area contributed by atoms with Crippen LogP contribution in [0.5, 0.6) is 0 Å². The van der Waals surface area contributed by atoms with Crippen LogP contribution in [0.15, 0.2) is 399 Å². The van der Waals surface area contributed by atoms with Crippen molar-refractivity contribution in [2.45, 2.75) is 0 Å². The number of para-hydroxylation sites is 6. The van der Waals surface area contributed by atoms with Crippen LogP contribution in [0.3, 0.4) is 0 Å². The van der Waals surface area contributed by atoms with Gasteiger partial charge in [-0.05, 0) is 190 Å². The van der Waals surface area contributed by atoms with Crippen LogP contribution in [0.2, 0.25) is 0 Å². The zero-order valence-corrected chi connectivity index (χ0v) is 60.0. The summed E-state index contributed by atoms with van der Waals surface area (Å²) in [5.41, 5.74) is 24.0. The summed E-state index contributed by atoms with van der Waals surface area (Å²) in [4.78, 5) is 9.03. The molecule has 509 valence electrons. The minimum Gasteiger partial charge on any atom is -0.436 e. The van der Waals surface area contributed by atoms with Crippen molar-refractivity contribution in [3.05, 3.63) is 401 Å². The molecule has 0 fully saturated rings. The summed E-state index contributed by atoms with van der Waals surface area (Å²) < 4.78 is 20.8. The minimum absolute atomic E-state index is 0. The Bertz CT molecular complexity index is 6480. The molecule has 17 aromatic carbocycles. The standard InChI is InChI=1S/C47H29NO.C36H24N2.C17H12N.Ir.4H2/c1-3-11-34-27-37(23-19-30(34)9-1)45-39-13-5-6-14-40(39)46(38-24-20-31-10-2-4-12-35(31)28-38)42-29-36(25-26-41(42)45)32-17-21-33(22-18-32)47-48-43-15-7-8-16-44(43)49-47;1-5-13-33-29(9-1)30-10-2-6-14-34(30)37(33)27-21-17-25(18-22-27)26-19-23-28(24-20-26)38-35-15-7-3-11-31(35)32-12-4-8-16-36(32)38;1-2-6-14(7-3-1)15-9-11-16(12-10-15)17-8-4-5-13-18-17;;;;;/h1-29H;1-24H;1-11,13H;;4*1H/q;;-1;;;;;/i;;;;1+1D;1+1;;. The van der Waals surface area contributed by atoms with Crippen molar-refractivity contribution in [1.82, 2.24) is 19.1 Å². The fourth-order valence-electron chi connectivity index (χ4n) is 15.4. The van der Waals surface area contributed by atoms with Crippen LogP contribution >= 0.6 is 0 Å². The van der Waals surface area contributed by atoms with Crippen molar-refractivity contribution in [1.29, 1.82) is 0 Å². The summed E-state index contributed by atoms with van der Waals surface area (Å²) in [5, 5.41) is 15.1. The van der Waals surface area contributed by atoms with Gasteiger partial charge in [0.25, 0.3) is 0 Å². The van der Waals surface area contributed by atoms with E-state index in [1.807, 2.05) is 66.7 Å². The summed E-state index contributed by atoms with van der Waals surface area (Å²) >= 11 is 0. The Morgan fingerprint density at radius 2 is 0.689 bits per heavy atom. The molecule has 6 heteroatoms. The molecule has 21 aromatic rings. The Kier molecular flexibility index (Phi) is 16.9. The topological polar surface area (TPSA) is 48.8 Å². The number of nitrogens with zero attached hydrogens (tertiary/aromatic N) is 4. The molecule has 0 N–H and O–H groups in total. The van der Waals surface area contributed by atoms with E-state index in [1.165, 1.54) is 148 Å². The van der Waals surface area contributed by atoms with Gasteiger partial charge in [0, 0.05) is 72.0 Å². The van der Waals surface area contributed by atoms with E-state index in [-0.39, 0.29) is 24.4 Å². The van der Waals surface area contributed by atoms with E-state index in [0.29, 0.717) is 5.89 Å². The summed E-state index contributed by atoms with van der Waals surface area (Å²) in [6, 6.07) is 141. The fraction of sp³-hybridized carbons (Fsp3) is 0. The molecule has 0 amide bonds. The van der Waals surface area contributed by atoms with Gasteiger partial charge in [-0.25, -0.2) is 4.98 Å². The van der Waals surface area contributed by atoms with Crippen molar-refractivity contribution in [3.8, 4) is 89.7 Å². The molecule has 0 bridgehead atoms. The summed E-state index contributed by atoms with van der Waals surface area (Å²) in [6.45, 7) is 0. The minimum atomic E-state index is 0. The Morgan fingerprint density at radius 3 is 1.20 bits per heavy atom. The number of oxazole rings is 1. The van der Waals surface area contributed by atoms with Gasteiger partial charge in [0.05, 0.1) is 22.1 Å². The predicted octanol–water partition coefficient (Wildman–Crippen LogP) is 27.9. The average Bonchev–Trinajstić information content (AvgIpc) is 1.59. The van der Waals surface area contributed by atoms with Crippen LogP contribution in [0.1, 0.15) is 7.25 Å². The number of fused-ring (bicyclic) bond motifs is 11. The molecule has 0 spiro atoms. The van der Waals surface area contributed by atoms with E-state index < -0.39 is 0 Å². The van der Waals surface area contributed by atoms with E-state index >= 15 is 0 Å². The smallest absolute Gasteiger partial charge is 0.227 e. The second-order valence-corrected chi connectivity index (χ2v) is 26.6. The van der Waals surface area contributed by atoms with E-state index in [4.69, 9.17) is 12.4 Å². The molecular formula is C100H73IrN4O-. The molecular weight excluding hydrogens is 1470 g/mol. The Balaban J connectivity index is 0.000000147. The molecule has 21 rings (SSSR count). The number of benzene rings is 17. The monoisotopic (exact) mass is 1540 g/mol. The van der Waals surface area contributed by atoms with Gasteiger partial charge >= 0.3 is 0 Å².